The van der Waals surface area contributed by atoms with E-state index in [4.69, 9.17) is 16.4 Å². The zero-order valence-electron chi connectivity index (χ0n) is 12.9. The fourth-order valence-corrected chi connectivity index (χ4v) is 2.30. The number of hydrogen-bond donors (Lipinski definition) is 3. The average Bonchev–Trinajstić information content (AvgIpc) is 2.49. The summed E-state index contributed by atoms with van der Waals surface area (Å²) in [5, 5.41) is 19.9. The van der Waals surface area contributed by atoms with E-state index in [0.717, 1.165) is 37.4 Å². The molecule has 1 heterocycles. The molecule has 1 aromatic rings. The third kappa shape index (κ3) is 3.74. The Morgan fingerprint density at radius 1 is 1.36 bits per heavy atom. The molecule has 1 aliphatic heterocycles. The van der Waals surface area contributed by atoms with Crippen molar-refractivity contribution in [2.75, 3.05) is 43.6 Å². The van der Waals surface area contributed by atoms with Gasteiger partial charge in [-0.05, 0) is 37.7 Å². The Labute approximate surface area is 130 Å². The molecule has 1 aromatic carbocycles. The van der Waals surface area contributed by atoms with Crippen molar-refractivity contribution in [1.29, 1.82) is 10.7 Å². The number of nitrogens with zero attached hydrogens (tertiary/aromatic N) is 4. The summed E-state index contributed by atoms with van der Waals surface area (Å²) in [6.45, 7) is 6.14. The molecular formula is C15H21N7. The van der Waals surface area contributed by atoms with E-state index in [0.29, 0.717) is 0 Å². The van der Waals surface area contributed by atoms with Crippen molar-refractivity contribution in [3.05, 3.63) is 23.8 Å². The highest BCUT2D eigenvalue weighted by Gasteiger charge is 2.14. The lowest BCUT2D eigenvalue weighted by molar-refractivity contribution is 0.313. The van der Waals surface area contributed by atoms with Crippen molar-refractivity contribution in [3.8, 4) is 6.07 Å². The molecule has 0 spiro atoms. The van der Waals surface area contributed by atoms with E-state index in [1.54, 1.807) is 6.07 Å². The van der Waals surface area contributed by atoms with Crippen LogP contribution < -0.4 is 16.1 Å². The van der Waals surface area contributed by atoms with Crippen molar-refractivity contribution in [1.82, 2.24) is 4.90 Å². The van der Waals surface area contributed by atoms with Gasteiger partial charge in [0.25, 0.3) is 0 Å². The SMILES string of the molecule is Cc1cc(N2CCN(C)CC2)ccc1N/N=C(\C#N)C(=N)N. The normalized spacial score (nSPS) is 16.2. The Morgan fingerprint density at radius 2 is 2.05 bits per heavy atom. The van der Waals surface area contributed by atoms with Gasteiger partial charge in [0.05, 0.1) is 5.69 Å². The molecule has 0 saturated carbocycles. The van der Waals surface area contributed by atoms with Crippen LogP contribution >= 0.6 is 0 Å². The average molecular weight is 299 g/mol. The minimum Gasteiger partial charge on any atom is -0.382 e. The number of likely N-dealkylation sites (N-methyl/N-ethyl adjacent to an activating group) is 1. The van der Waals surface area contributed by atoms with Gasteiger partial charge in [0.15, 0.2) is 5.84 Å². The molecule has 7 heteroatoms. The largest absolute Gasteiger partial charge is 0.382 e. The molecule has 0 aromatic heterocycles. The number of hydrogen-bond acceptors (Lipinski definition) is 6. The van der Waals surface area contributed by atoms with Crippen molar-refractivity contribution < 1.29 is 0 Å². The highest BCUT2D eigenvalue weighted by Crippen LogP contribution is 2.23. The first-order valence-electron chi connectivity index (χ1n) is 7.13. The van der Waals surface area contributed by atoms with Crippen LogP contribution in [0.1, 0.15) is 5.56 Å². The summed E-state index contributed by atoms with van der Waals surface area (Å²) in [5.74, 6) is -0.346. The van der Waals surface area contributed by atoms with Crippen LogP contribution in [0.2, 0.25) is 0 Å². The van der Waals surface area contributed by atoms with Gasteiger partial charge in [-0.25, -0.2) is 0 Å². The van der Waals surface area contributed by atoms with Crippen LogP contribution in [0.4, 0.5) is 11.4 Å². The topological polar surface area (TPSA) is 105 Å². The van der Waals surface area contributed by atoms with Gasteiger partial charge in [-0.15, -0.1) is 0 Å². The van der Waals surface area contributed by atoms with Gasteiger partial charge in [-0.2, -0.15) is 10.4 Å². The van der Waals surface area contributed by atoms with E-state index in [2.05, 4.69) is 33.4 Å². The first kappa shape index (κ1) is 15.8. The number of nitrogens with one attached hydrogen (secondary N) is 2. The van der Waals surface area contributed by atoms with Crippen LogP contribution in [0.25, 0.3) is 0 Å². The summed E-state index contributed by atoms with van der Waals surface area (Å²) in [6, 6.07) is 7.85. The number of benzene rings is 1. The van der Waals surface area contributed by atoms with E-state index in [1.807, 2.05) is 19.1 Å². The van der Waals surface area contributed by atoms with Crippen molar-refractivity contribution in [2.24, 2.45) is 10.8 Å². The second kappa shape index (κ2) is 6.91. The lowest BCUT2D eigenvalue weighted by atomic mass is 10.1. The van der Waals surface area contributed by atoms with Gasteiger partial charge in [0.1, 0.15) is 6.07 Å². The lowest BCUT2D eigenvalue weighted by Crippen LogP contribution is -2.44. The zero-order chi connectivity index (χ0) is 16.1. The van der Waals surface area contributed by atoms with Gasteiger partial charge >= 0.3 is 0 Å². The van der Waals surface area contributed by atoms with E-state index in [9.17, 15) is 0 Å². The maximum atomic E-state index is 8.83. The second-order valence-electron chi connectivity index (χ2n) is 5.39. The van der Waals surface area contributed by atoms with E-state index >= 15 is 0 Å². The molecule has 0 unspecified atom stereocenters. The predicted octanol–water partition coefficient (Wildman–Crippen LogP) is 0.974. The van der Waals surface area contributed by atoms with E-state index < -0.39 is 0 Å². The van der Waals surface area contributed by atoms with Gasteiger partial charge < -0.3 is 15.5 Å². The second-order valence-corrected chi connectivity index (χ2v) is 5.39. The highest BCUT2D eigenvalue weighted by molar-refractivity contribution is 6.45. The molecule has 0 amide bonds. The van der Waals surface area contributed by atoms with Gasteiger partial charge in [-0.3, -0.25) is 10.8 Å². The summed E-state index contributed by atoms with van der Waals surface area (Å²) in [4.78, 5) is 4.68. The number of aryl methyl sites for hydroxylation is 1. The molecule has 22 heavy (non-hydrogen) atoms. The van der Waals surface area contributed by atoms with Gasteiger partial charge in [0.2, 0.25) is 5.71 Å². The summed E-state index contributed by atoms with van der Waals surface area (Å²) in [7, 11) is 2.13. The van der Waals surface area contributed by atoms with Crippen molar-refractivity contribution in [2.45, 2.75) is 6.92 Å². The van der Waals surface area contributed by atoms with Gasteiger partial charge in [-0.1, -0.05) is 0 Å². The Balaban J connectivity index is 2.10. The molecule has 1 aliphatic rings. The summed E-state index contributed by atoms with van der Waals surface area (Å²) in [6.07, 6.45) is 0. The third-order valence-electron chi connectivity index (χ3n) is 3.73. The number of nitrogens with two attached hydrogens (primary N) is 1. The molecule has 0 aliphatic carbocycles. The molecule has 2 rings (SSSR count). The summed E-state index contributed by atoms with van der Waals surface area (Å²) < 4.78 is 0. The van der Waals surface area contributed by atoms with Crippen LogP contribution in [0, 0.1) is 23.7 Å². The number of rotatable bonds is 4. The fourth-order valence-electron chi connectivity index (χ4n) is 2.30. The molecule has 0 atom stereocenters. The van der Waals surface area contributed by atoms with Crippen LogP contribution in [0.15, 0.2) is 23.3 Å². The summed E-state index contributed by atoms with van der Waals surface area (Å²) >= 11 is 0. The Bertz CT molecular complexity index is 621. The number of amidine groups is 1. The van der Waals surface area contributed by atoms with Crippen LogP contribution in [-0.4, -0.2) is 49.7 Å². The van der Waals surface area contributed by atoms with E-state index in [1.165, 1.54) is 5.69 Å². The van der Waals surface area contributed by atoms with E-state index in [-0.39, 0.29) is 11.5 Å². The number of anilines is 2. The molecule has 1 saturated heterocycles. The Morgan fingerprint density at radius 3 is 2.59 bits per heavy atom. The molecule has 0 bridgehead atoms. The maximum absolute atomic E-state index is 8.83. The minimum atomic E-state index is -0.346. The van der Waals surface area contributed by atoms with Crippen LogP contribution in [0.3, 0.4) is 0 Å². The van der Waals surface area contributed by atoms with Crippen molar-refractivity contribution >= 4 is 22.9 Å². The zero-order valence-corrected chi connectivity index (χ0v) is 12.9. The van der Waals surface area contributed by atoms with Gasteiger partial charge in [0, 0.05) is 31.9 Å². The standard InChI is InChI=1S/C15H21N7/c1-11-9-12(22-7-5-21(2)6-8-22)3-4-13(11)19-20-14(10-16)15(17)18/h3-4,9,19H,5-8H2,1-2H3,(H3,17,18)/b20-14+. The Kier molecular flexibility index (Phi) is 4.96. The number of hydrazone groups is 1. The molecule has 1 fully saturated rings. The predicted molar refractivity (Wildman–Crippen MR) is 89.5 cm³/mol. The lowest BCUT2D eigenvalue weighted by Gasteiger charge is -2.34. The molecule has 0 radical (unpaired) electrons. The number of piperazine rings is 1. The van der Waals surface area contributed by atoms with Crippen molar-refractivity contribution in [3.63, 3.8) is 0 Å². The highest BCUT2D eigenvalue weighted by atomic mass is 15.3. The maximum Gasteiger partial charge on any atom is 0.201 e. The third-order valence-corrected chi connectivity index (χ3v) is 3.73. The van der Waals surface area contributed by atoms with Crippen LogP contribution in [0.5, 0.6) is 0 Å². The van der Waals surface area contributed by atoms with Crippen LogP contribution in [-0.2, 0) is 0 Å². The first-order valence-corrected chi connectivity index (χ1v) is 7.13. The quantitative estimate of drug-likeness (QED) is 0.436. The smallest absolute Gasteiger partial charge is 0.201 e. The minimum absolute atomic E-state index is 0.123. The monoisotopic (exact) mass is 299 g/mol. The molecule has 116 valence electrons. The fraction of sp³-hybridized carbons (Fsp3) is 0.400. The number of nitriles is 1. The molecule has 7 nitrogen and oxygen atoms in total. The Hall–Kier alpha value is -2.59. The first-order chi connectivity index (χ1) is 10.5. The molecule has 4 N–H and O–H groups in total. The molecular weight excluding hydrogens is 278 g/mol. The summed E-state index contributed by atoms with van der Waals surface area (Å²) in [5.41, 5.74) is 11.0.